The summed E-state index contributed by atoms with van der Waals surface area (Å²) in [5.41, 5.74) is 3.61. The van der Waals surface area contributed by atoms with E-state index in [1.54, 1.807) is 49.7 Å². The molecule has 1 aliphatic rings. The van der Waals surface area contributed by atoms with Gasteiger partial charge in [0.05, 0.1) is 28.9 Å². The van der Waals surface area contributed by atoms with Gasteiger partial charge in [-0.3, -0.25) is 15.3 Å². The predicted molar refractivity (Wildman–Crippen MR) is 135 cm³/mol. The van der Waals surface area contributed by atoms with E-state index in [4.69, 9.17) is 16.3 Å². The molecular formula is C24H24ClF2N7O3. The molecule has 1 aromatic carbocycles. The van der Waals surface area contributed by atoms with Crippen molar-refractivity contribution in [2.24, 2.45) is 5.92 Å². The predicted octanol–water partition coefficient (Wildman–Crippen LogP) is 5.16. The van der Waals surface area contributed by atoms with Gasteiger partial charge in [0.2, 0.25) is 5.91 Å². The van der Waals surface area contributed by atoms with Gasteiger partial charge in [0, 0.05) is 29.8 Å². The van der Waals surface area contributed by atoms with Gasteiger partial charge in [-0.2, -0.15) is 5.10 Å². The Morgan fingerprint density at radius 2 is 2.03 bits per heavy atom. The van der Waals surface area contributed by atoms with Crippen molar-refractivity contribution >= 4 is 51.7 Å². The van der Waals surface area contributed by atoms with Crippen molar-refractivity contribution in [3.8, 4) is 11.1 Å². The number of hydrogen-bond donors (Lipinski definition) is 3. The summed E-state index contributed by atoms with van der Waals surface area (Å²) in [6, 6.07) is 3.39. The van der Waals surface area contributed by atoms with Gasteiger partial charge >= 0.3 is 6.09 Å². The standard InChI is InChI=1S/C24H24ClF2N7O3/c1-24(2,3)37-23(36)33(4)32-21-19(27)18(25)17(13-8-28-31-20(13)21)11-5-6-16-29-15(10-34(16)9-11)30-22(35)12-7-14(12)26/h5-6,8-10,12,14,32H,7H2,1-4H3,(H,28,31)(H,30,35)/t12-,14+/m1/s1. The molecule has 0 aliphatic heterocycles. The number of hydrogen-bond acceptors (Lipinski definition) is 6. The summed E-state index contributed by atoms with van der Waals surface area (Å²) >= 11 is 6.51. The Kier molecular flexibility index (Phi) is 5.94. The minimum Gasteiger partial charge on any atom is -0.442 e. The summed E-state index contributed by atoms with van der Waals surface area (Å²) in [7, 11) is 1.40. The van der Waals surface area contributed by atoms with Crippen LogP contribution in [0.3, 0.4) is 0 Å². The van der Waals surface area contributed by atoms with E-state index >= 15 is 4.39 Å². The fraction of sp³-hybridized carbons (Fsp3) is 0.333. The van der Waals surface area contributed by atoms with Crippen molar-refractivity contribution in [2.75, 3.05) is 17.8 Å². The summed E-state index contributed by atoms with van der Waals surface area (Å²) in [6.45, 7) is 5.16. The SMILES string of the molecule is CN(Nc1c(F)c(Cl)c(-c2ccc3nc(NC(=O)[C@@H]4C[C@@H]4F)cn3c2)c2cn[nH]c12)C(=O)OC(C)(C)C. The quantitative estimate of drug-likeness (QED) is 0.306. The van der Waals surface area contributed by atoms with Crippen LogP contribution in [0.25, 0.3) is 27.7 Å². The molecule has 3 heterocycles. The fourth-order valence-corrected chi connectivity index (χ4v) is 4.20. The van der Waals surface area contributed by atoms with Crippen molar-refractivity contribution in [2.45, 2.75) is 39.0 Å². The van der Waals surface area contributed by atoms with Crippen molar-refractivity contribution < 1.29 is 23.1 Å². The van der Waals surface area contributed by atoms with Crippen LogP contribution in [0.15, 0.2) is 30.7 Å². The number of aromatic nitrogens is 4. The van der Waals surface area contributed by atoms with E-state index in [1.165, 1.54) is 13.2 Å². The van der Waals surface area contributed by atoms with Crippen LogP contribution in [0.2, 0.25) is 5.02 Å². The lowest BCUT2D eigenvalue weighted by atomic mass is 10.0. The summed E-state index contributed by atoms with van der Waals surface area (Å²) in [4.78, 5) is 28.8. The average molecular weight is 532 g/mol. The molecule has 0 saturated heterocycles. The van der Waals surface area contributed by atoms with E-state index in [9.17, 15) is 14.0 Å². The largest absolute Gasteiger partial charge is 0.442 e. The van der Waals surface area contributed by atoms with Crippen LogP contribution in [0.4, 0.5) is 25.1 Å². The minimum atomic E-state index is -1.11. The van der Waals surface area contributed by atoms with E-state index in [2.05, 4.69) is 25.9 Å². The molecule has 1 saturated carbocycles. The molecule has 4 aromatic rings. The molecule has 1 fully saturated rings. The molecule has 1 aliphatic carbocycles. The Bertz CT molecular complexity index is 1540. The van der Waals surface area contributed by atoms with Gasteiger partial charge in [0.25, 0.3) is 0 Å². The third-order valence-corrected chi connectivity index (χ3v) is 6.13. The highest BCUT2D eigenvalue weighted by Crippen LogP contribution is 2.41. The van der Waals surface area contributed by atoms with Crippen molar-refractivity contribution in [1.82, 2.24) is 24.6 Å². The van der Waals surface area contributed by atoms with E-state index in [1.807, 2.05) is 0 Å². The number of pyridine rings is 1. The van der Waals surface area contributed by atoms with Gasteiger partial charge in [-0.15, -0.1) is 0 Å². The number of nitrogens with one attached hydrogen (secondary N) is 3. The third kappa shape index (κ3) is 4.76. The highest BCUT2D eigenvalue weighted by atomic mass is 35.5. The highest BCUT2D eigenvalue weighted by molar-refractivity contribution is 6.36. The van der Waals surface area contributed by atoms with Gasteiger partial charge in [-0.25, -0.2) is 23.6 Å². The van der Waals surface area contributed by atoms with Crippen LogP contribution in [0.5, 0.6) is 0 Å². The first-order chi connectivity index (χ1) is 17.4. The van der Waals surface area contributed by atoms with Gasteiger partial charge in [0.15, 0.2) is 11.6 Å². The molecule has 0 bridgehead atoms. The van der Waals surface area contributed by atoms with Crippen LogP contribution in [0.1, 0.15) is 27.2 Å². The maximum Gasteiger partial charge on any atom is 0.428 e. The van der Waals surface area contributed by atoms with E-state index < -0.39 is 35.5 Å². The Hall–Kier alpha value is -3.93. The lowest BCUT2D eigenvalue weighted by molar-refractivity contribution is -0.117. The zero-order chi connectivity index (χ0) is 26.6. The molecule has 3 aromatic heterocycles. The van der Waals surface area contributed by atoms with E-state index in [0.29, 0.717) is 22.2 Å². The summed E-state index contributed by atoms with van der Waals surface area (Å²) in [5.74, 6) is -1.58. The first-order valence-corrected chi connectivity index (χ1v) is 11.8. The van der Waals surface area contributed by atoms with E-state index in [-0.39, 0.29) is 28.5 Å². The molecule has 0 radical (unpaired) electrons. The van der Waals surface area contributed by atoms with Crippen LogP contribution in [-0.4, -0.2) is 55.4 Å². The molecule has 0 unspecified atom stereocenters. The number of alkyl halides is 1. The van der Waals surface area contributed by atoms with Gasteiger partial charge < -0.3 is 14.5 Å². The number of carbonyl (C=O) groups excluding carboxylic acids is 2. The Labute approximate surface area is 214 Å². The van der Waals surface area contributed by atoms with Crippen LogP contribution in [-0.2, 0) is 9.53 Å². The van der Waals surface area contributed by atoms with E-state index in [0.717, 1.165) is 5.01 Å². The maximum absolute atomic E-state index is 15.6. The number of carbonyl (C=O) groups is 2. The fourth-order valence-electron chi connectivity index (χ4n) is 3.90. The minimum absolute atomic E-state index is 0.0745. The van der Waals surface area contributed by atoms with Crippen molar-refractivity contribution in [3.05, 3.63) is 41.6 Å². The second-order valence-corrected chi connectivity index (χ2v) is 10.2. The first kappa shape index (κ1) is 24.8. The number of fused-ring (bicyclic) bond motifs is 2. The Morgan fingerprint density at radius 3 is 2.70 bits per heavy atom. The average Bonchev–Trinajstić information content (AvgIpc) is 3.18. The molecule has 10 nitrogen and oxygen atoms in total. The number of hydrazine groups is 1. The third-order valence-electron chi connectivity index (χ3n) is 5.78. The maximum atomic E-state index is 15.6. The number of aromatic amines is 1. The summed E-state index contributed by atoms with van der Waals surface area (Å²) in [5, 5.41) is 10.7. The second-order valence-electron chi connectivity index (χ2n) is 9.84. The smallest absolute Gasteiger partial charge is 0.428 e. The van der Waals surface area contributed by atoms with Crippen molar-refractivity contribution in [1.29, 1.82) is 0 Å². The van der Waals surface area contributed by atoms with Gasteiger partial charge in [-0.05, 0) is 39.3 Å². The number of ether oxygens (including phenoxy) is 1. The zero-order valence-corrected chi connectivity index (χ0v) is 21.2. The number of amides is 2. The number of rotatable bonds is 5. The number of benzene rings is 1. The molecular weight excluding hydrogens is 508 g/mol. The number of H-pyrrole nitrogens is 1. The lowest BCUT2D eigenvalue weighted by Gasteiger charge is -2.26. The number of imidazole rings is 1. The van der Waals surface area contributed by atoms with Crippen molar-refractivity contribution in [3.63, 3.8) is 0 Å². The topological polar surface area (TPSA) is 117 Å². The summed E-state index contributed by atoms with van der Waals surface area (Å²) in [6.07, 6.45) is 3.15. The highest BCUT2D eigenvalue weighted by Gasteiger charge is 2.43. The van der Waals surface area contributed by atoms with Crippen LogP contribution in [0, 0.1) is 11.7 Å². The Morgan fingerprint density at radius 1 is 1.30 bits per heavy atom. The lowest BCUT2D eigenvalue weighted by Crippen LogP contribution is -2.38. The molecule has 3 N–H and O–H groups in total. The Balaban J connectivity index is 1.48. The molecule has 0 spiro atoms. The van der Waals surface area contributed by atoms with Gasteiger partial charge in [-0.1, -0.05) is 11.6 Å². The monoisotopic (exact) mass is 531 g/mol. The first-order valence-electron chi connectivity index (χ1n) is 11.4. The molecule has 5 rings (SSSR count). The number of halogens is 3. The van der Waals surface area contributed by atoms with Gasteiger partial charge in [0.1, 0.15) is 23.1 Å². The molecule has 2 amide bonds. The van der Waals surface area contributed by atoms with Crippen LogP contribution >= 0.6 is 11.6 Å². The molecule has 2 atom stereocenters. The number of nitrogens with zero attached hydrogens (tertiary/aromatic N) is 4. The van der Waals surface area contributed by atoms with Crippen LogP contribution < -0.4 is 10.7 Å². The molecule has 37 heavy (non-hydrogen) atoms. The summed E-state index contributed by atoms with van der Waals surface area (Å²) < 4.78 is 35.7. The second kappa shape index (κ2) is 8.87. The molecule has 13 heteroatoms. The number of anilines is 2. The zero-order valence-electron chi connectivity index (χ0n) is 20.4. The normalized spacial score (nSPS) is 17.2. The molecule has 194 valence electrons.